The van der Waals surface area contributed by atoms with Gasteiger partial charge in [0.2, 0.25) is 5.88 Å². The predicted octanol–water partition coefficient (Wildman–Crippen LogP) is 2.83. The summed E-state index contributed by atoms with van der Waals surface area (Å²) in [5.74, 6) is 2.31. The number of ether oxygens (including phenoxy) is 1. The van der Waals surface area contributed by atoms with Crippen molar-refractivity contribution in [2.24, 2.45) is 5.92 Å². The molecule has 25 heavy (non-hydrogen) atoms. The Morgan fingerprint density at radius 2 is 2.20 bits per heavy atom. The zero-order chi connectivity index (χ0) is 17.1. The highest BCUT2D eigenvalue weighted by molar-refractivity contribution is 7.11. The minimum Gasteiger partial charge on any atom is -0.477 e. The van der Waals surface area contributed by atoms with Gasteiger partial charge in [-0.25, -0.2) is 9.97 Å². The summed E-state index contributed by atoms with van der Waals surface area (Å²) >= 11 is 1.57. The summed E-state index contributed by atoms with van der Waals surface area (Å²) < 4.78 is 5.83. The van der Waals surface area contributed by atoms with E-state index in [4.69, 9.17) is 4.74 Å². The molecule has 128 valence electrons. The Morgan fingerprint density at radius 1 is 1.24 bits per heavy atom. The number of hydrogen-bond donors (Lipinski definition) is 1. The topological polar surface area (TPSA) is 85.7 Å². The molecule has 3 heterocycles. The molecular formula is C17H18N6OS. The highest BCUT2D eigenvalue weighted by atomic mass is 32.1. The lowest BCUT2D eigenvalue weighted by atomic mass is 10.2. The molecule has 0 radical (unpaired) electrons. The van der Waals surface area contributed by atoms with Gasteiger partial charge in [-0.1, -0.05) is 17.4 Å². The third kappa shape index (κ3) is 4.08. The molecular weight excluding hydrogens is 336 g/mol. The van der Waals surface area contributed by atoms with E-state index in [-0.39, 0.29) is 0 Å². The molecule has 1 N–H and O–H groups in total. The fourth-order valence-electron chi connectivity index (χ4n) is 2.67. The van der Waals surface area contributed by atoms with E-state index in [1.165, 1.54) is 6.33 Å². The molecule has 0 bridgehead atoms. The van der Waals surface area contributed by atoms with Crippen LogP contribution < -0.4 is 10.1 Å². The fourth-order valence-corrected chi connectivity index (χ4v) is 3.32. The number of aryl methyl sites for hydroxylation is 1. The van der Waals surface area contributed by atoms with Crippen molar-refractivity contribution in [3.8, 4) is 5.88 Å². The Bertz CT molecular complexity index is 840. The molecule has 8 heteroatoms. The molecule has 2 atom stereocenters. The summed E-state index contributed by atoms with van der Waals surface area (Å²) in [5.41, 5.74) is 1.15. The summed E-state index contributed by atoms with van der Waals surface area (Å²) in [6.45, 7) is 3.17. The second kappa shape index (κ2) is 7.10. The average Bonchev–Trinajstić information content (AvgIpc) is 3.32. The number of hydrogen-bond acceptors (Lipinski definition) is 8. The van der Waals surface area contributed by atoms with Crippen molar-refractivity contribution in [3.63, 3.8) is 0 Å². The van der Waals surface area contributed by atoms with Crippen LogP contribution in [0.15, 0.2) is 36.8 Å². The molecule has 1 aliphatic rings. The summed E-state index contributed by atoms with van der Waals surface area (Å²) in [5, 5.41) is 13.2. The van der Waals surface area contributed by atoms with Gasteiger partial charge in [0, 0.05) is 29.8 Å². The van der Waals surface area contributed by atoms with Crippen molar-refractivity contribution < 1.29 is 4.74 Å². The molecule has 3 aromatic rings. The Balaban J connectivity index is 1.29. The molecule has 7 nitrogen and oxygen atoms in total. The van der Waals surface area contributed by atoms with Crippen LogP contribution in [0.3, 0.4) is 0 Å². The number of nitrogens with one attached hydrogen (secondary N) is 1. The Hall–Kier alpha value is -2.61. The maximum atomic E-state index is 5.83. The second-order valence-electron chi connectivity index (χ2n) is 5.98. The van der Waals surface area contributed by atoms with E-state index in [1.807, 2.05) is 31.3 Å². The molecule has 3 aromatic heterocycles. The predicted molar refractivity (Wildman–Crippen MR) is 94.6 cm³/mol. The standard InChI is InChI=1S/C17H18N6OS/c1-11-22-23-17(25-11)8-19-15-7-16(21-10-20-15)24-9-12-6-13(12)14-4-2-3-5-18-14/h2-5,7,10,12-13H,6,8-9H2,1H3,(H,19,20,21). The Kier molecular flexibility index (Phi) is 4.51. The molecule has 1 aliphatic carbocycles. The molecule has 0 aliphatic heterocycles. The third-order valence-corrected chi connectivity index (χ3v) is 4.90. The van der Waals surface area contributed by atoms with Crippen molar-refractivity contribution in [1.82, 2.24) is 25.1 Å². The molecule has 0 amide bonds. The monoisotopic (exact) mass is 354 g/mol. The molecule has 0 aromatic carbocycles. The first-order valence-electron chi connectivity index (χ1n) is 8.16. The maximum Gasteiger partial charge on any atom is 0.218 e. The van der Waals surface area contributed by atoms with Crippen LogP contribution in [-0.4, -0.2) is 31.8 Å². The quantitative estimate of drug-likeness (QED) is 0.698. The normalized spacial score (nSPS) is 18.8. The van der Waals surface area contributed by atoms with E-state index >= 15 is 0 Å². The lowest BCUT2D eigenvalue weighted by molar-refractivity contribution is 0.285. The molecule has 2 unspecified atom stereocenters. The number of pyridine rings is 1. The van der Waals surface area contributed by atoms with Crippen LogP contribution in [-0.2, 0) is 6.54 Å². The second-order valence-corrected chi connectivity index (χ2v) is 7.24. The summed E-state index contributed by atoms with van der Waals surface area (Å²) in [7, 11) is 0. The minimum atomic E-state index is 0.501. The van der Waals surface area contributed by atoms with Crippen molar-refractivity contribution in [2.45, 2.75) is 25.8 Å². The van der Waals surface area contributed by atoms with Gasteiger partial charge in [-0.05, 0) is 25.5 Å². The van der Waals surface area contributed by atoms with Gasteiger partial charge in [0.15, 0.2) is 0 Å². The summed E-state index contributed by atoms with van der Waals surface area (Å²) in [4.78, 5) is 12.8. The SMILES string of the molecule is Cc1nnc(CNc2cc(OCC3CC3c3ccccn3)ncn2)s1. The summed E-state index contributed by atoms with van der Waals surface area (Å²) in [6.07, 6.45) is 4.46. The first-order chi connectivity index (χ1) is 12.3. The van der Waals surface area contributed by atoms with Gasteiger partial charge in [-0.2, -0.15) is 0 Å². The van der Waals surface area contributed by atoms with E-state index in [0.717, 1.165) is 27.9 Å². The van der Waals surface area contributed by atoms with Gasteiger partial charge in [-0.15, -0.1) is 10.2 Å². The van der Waals surface area contributed by atoms with Crippen molar-refractivity contribution >= 4 is 17.2 Å². The molecule has 4 rings (SSSR count). The van der Waals surface area contributed by atoms with Crippen LogP contribution in [0.1, 0.15) is 28.0 Å². The van der Waals surface area contributed by atoms with Gasteiger partial charge in [0.25, 0.3) is 0 Å². The van der Waals surface area contributed by atoms with Gasteiger partial charge in [0.05, 0.1) is 13.2 Å². The van der Waals surface area contributed by atoms with Crippen molar-refractivity contribution in [2.75, 3.05) is 11.9 Å². The average molecular weight is 354 g/mol. The number of rotatable bonds is 7. The van der Waals surface area contributed by atoms with Gasteiger partial charge >= 0.3 is 0 Å². The van der Waals surface area contributed by atoms with Crippen molar-refractivity contribution in [3.05, 3.63) is 52.5 Å². The fraction of sp³-hybridized carbons (Fsp3) is 0.353. The van der Waals surface area contributed by atoms with Gasteiger partial charge < -0.3 is 10.1 Å². The highest BCUT2D eigenvalue weighted by Gasteiger charge is 2.39. The molecule has 0 saturated heterocycles. The van der Waals surface area contributed by atoms with Crippen LogP contribution in [0.5, 0.6) is 5.88 Å². The van der Waals surface area contributed by atoms with Gasteiger partial charge in [0.1, 0.15) is 22.2 Å². The first-order valence-corrected chi connectivity index (χ1v) is 8.98. The minimum absolute atomic E-state index is 0.501. The lowest BCUT2D eigenvalue weighted by Crippen LogP contribution is -2.05. The largest absolute Gasteiger partial charge is 0.477 e. The third-order valence-electron chi connectivity index (χ3n) is 4.07. The maximum absolute atomic E-state index is 5.83. The number of nitrogens with zero attached hydrogens (tertiary/aromatic N) is 5. The van der Waals surface area contributed by atoms with Crippen LogP contribution in [0, 0.1) is 12.8 Å². The van der Waals surface area contributed by atoms with E-state index < -0.39 is 0 Å². The Labute approximate surface area is 149 Å². The van der Waals surface area contributed by atoms with Crippen molar-refractivity contribution in [1.29, 1.82) is 0 Å². The number of aromatic nitrogens is 5. The van der Waals surface area contributed by atoms with E-state index in [1.54, 1.807) is 11.3 Å². The highest BCUT2D eigenvalue weighted by Crippen LogP contribution is 2.46. The van der Waals surface area contributed by atoms with E-state index in [2.05, 4.69) is 36.5 Å². The van der Waals surface area contributed by atoms with Crippen LogP contribution in [0.2, 0.25) is 0 Å². The van der Waals surface area contributed by atoms with Crippen LogP contribution in [0.25, 0.3) is 0 Å². The Morgan fingerprint density at radius 3 is 3.00 bits per heavy atom. The molecule has 1 fully saturated rings. The lowest BCUT2D eigenvalue weighted by Gasteiger charge is -2.07. The van der Waals surface area contributed by atoms with Crippen LogP contribution >= 0.6 is 11.3 Å². The number of anilines is 1. The first kappa shape index (κ1) is 15.9. The summed E-state index contributed by atoms with van der Waals surface area (Å²) in [6, 6.07) is 7.86. The van der Waals surface area contributed by atoms with E-state index in [0.29, 0.717) is 30.9 Å². The van der Waals surface area contributed by atoms with E-state index in [9.17, 15) is 0 Å². The zero-order valence-corrected chi connectivity index (χ0v) is 14.6. The van der Waals surface area contributed by atoms with Gasteiger partial charge in [-0.3, -0.25) is 4.98 Å². The molecule has 0 spiro atoms. The smallest absolute Gasteiger partial charge is 0.218 e. The molecule has 1 saturated carbocycles. The van der Waals surface area contributed by atoms with Crippen LogP contribution in [0.4, 0.5) is 5.82 Å². The zero-order valence-electron chi connectivity index (χ0n) is 13.8.